The number of halogens is 1. The number of nitrogens with zero attached hydrogens (tertiary/aromatic N) is 1. The van der Waals surface area contributed by atoms with Crippen LogP contribution in [0.3, 0.4) is 0 Å². The van der Waals surface area contributed by atoms with E-state index in [4.69, 9.17) is 11.6 Å². The maximum atomic E-state index is 11.3. The lowest BCUT2D eigenvalue weighted by molar-refractivity contribution is -0.121. The molecule has 0 aromatic rings. The summed E-state index contributed by atoms with van der Waals surface area (Å²) >= 11 is 5.66. The summed E-state index contributed by atoms with van der Waals surface area (Å²) < 4.78 is 0. The van der Waals surface area contributed by atoms with Gasteiger partial charge in [-0.25, -0.2) is 0 Å². The van der Waals surface area contributed by atoms with Gasteiger partial charge in [-0.2, -0.15) is 0 Å². The molecule has 0 aromatic heterocycles. The molecule has 12 heavy (non-hydrogen) atoms. The molecule has 1 saturated heterocycles. The van der Waals surface area contributed by atoms with Crippen LogP contribution in [0.15, 0.2) is 0 Å². The zero-order chi connectivity index (χ0) is 8.77. The number of likely N-dealkylation sites (tertiary alicyclic amines) is 1. The molecule has 2 fully saturated rings. The summed E-state index contributed by atoms with van der Waals surface area (Å²) in [5.74, 6) is 0.729. The Hall–Kier alpha value is -0.0800. The molecule has 0 unspecified atom stereocenters. The van der Waals surface area contributed by atoms with Crippen molar-refractivity contribution in [2.45, 2.75) is 31.7 Å². The van der Waals surface area contributed by atoms with E-state index in [-0.39, 0.29) is 10.8 Å². The first-order valence-electron chi connectivity index (χ1n) is 4.64. The fraction of sp³-hybridized carbons (Fsp3) is 0.889. The SMILES string of the molecule is CCN1C[C@H]2CC[C@@]1(C(=O)Cl)C2. The molecule has 0 amide bonds. The molecule has 68 valence electrons. The fourth-order valence-corrected chi connectivity index (χ4v) is 3.08. The van der Waals surface area contributed by atoms with Crippen molar-refractivity contribution in [1.29, 1.82) is 0 Å². The molecule has 1 aliphatic heterocycles. The average molecular weight is 188 g/mol. The van der Waals surface area contributed by atoms with E-state index in [1.807, 2.05) is 0 Å². The van der Waals surface area contributed by atoms with Gasteiger partial charge in [-0.05, 0) is 43.3 Å². The van der Waals surface area contributed by atoms with Gasteiger partial charge < -0.3 is 0 Å². The van der Waals surface area contributed by atoms with E-state index >= 15 is 0 Å². The molecule has 2 nitrogen and oxygen atoms in total. The van der Waals surface area contributed by atoms with E-state index in [2.05, 4.69) is 11.8 Å². The van der Waals surface area contributed by atoms with Gasteiger partial charge in [0.15, 0.2) is 0 Å². The molecule has 0 N–H and O–H groups in total. The Labute approximate surface area is 77.9 Å². The van der Waals surface area contributed by atoms with Gasteiger partial charge in [0.2, 0.25) is 5.24 Å². The Balaban J connectivity index is 2.26. The van der Waals surface area contributed by atoms with Crippen molar-refractivity contribution in [2.24, 2.45) is 5.92 Å². The quantitative estimate of drug-likeness (QED) is 0.613. The van der Waals surface area contributed by atoms with E-state index in [1.54, 1.807) is 0 Å². The Bertz CT molecular complexity index is 219. The Morgan fingerprint density at radius 1 is 1.75 bits per heavy atom. The lowest BCUT2D eigenvalue weighted by atomic mass is 9.99. The number of carbonyl (C=O) groups excluding carboxylic acids is 1. The third-order valence-electron chi connectivity index (χ3n) is 3.42. The second-order valence-corrected chi connectivity index (χ2v) is 4.30. The maximum Gasteiger partial charge on any atom is 0.241 e. The van der Waals surface area contributed by atoms with Crippen LogP contribution >= 0.6 is 11.6 Å². The van der Waals surface area contributed by atoms with Gasteiger partial charge in [-0.1, -0.05) is 6.92 Å². The van der Waals surface area contributed by atoms with E-state index in [1.165, 1.54) is 6.42 Å². The third kappa shape index (κ3) is 0.944. The number of carbonyl (C=O) groups is 1. The van der Waals surface area contributed by atoms with Crippen molar-refractivity contribution in [3.8, 4) is 0 Å². The van der Waals surface area contributed by atoms with Crippen LogP contribution in [0.25, 0.3) is 0 Å². The second kappa shape index (κ2) is 2.71. The summed E-state index contributed by atoms with van der Waals surface area (Å²) in [5.41, 5.74) is -0.263. The van der Waals surface area contributed by atoms with Gasteiger partial charge >= 0.3 is 0 Å². The molecule has 0 radical (unpaired) electrons. The normalized spacial score (nSPS) is 40.7. The number of hydrogen-bond donors (Lipinski definition) is 0. The molecule has 1 aliphatic carbocycles. The Morgan fingerprint density at radius 3 is 2.92 bits per heavy atom. The molecule has 1 saturated carbocycles. The topological polar surface area (TPSA) is 20.3 Å². The van der Waals surface area contributed by atoms with E-state index in [0.717, 1.165) is 31.8 Å². The summed E-state index contributed by atoms with van der Waals surface area (Å²) in [6.07, 6.45) is 3.17. The number of rotatable bonds is 2. The minimum Gasteiger partial charge on any atom is -0.290 e. The van der Waals surface area contributed by atoms with Crippen LogP contribution < -0.4 is 0 Å². The average Bonchev–Trinajstić information content (AvgIpc) is 2.60. The van der Waals surface area contributed by atoms with E-state index in [0.29, 0.717) is 0 Å². The van der Waals surface area contributed by atoms with Crippen LogP contribution in [0.4, 0.5) is 0 Å². The summed E-state index contributed by atoms with van der Waals surface area (Å²) in [4.78, 5) is 13.6. The monoisotopic (exact) mass is 187 g/mol. The number of piperidine rings is 1. The molecule has 1 heterocycles. The number of likely N-dealkylation sites (N-methyl/N-ethyl adjacent to an activating group) is 1. The van der Waals surface area contributed by atoms with E-state index < -0.39 is 0 Å². The number of hydrogen-bond acceptors (Lipinski definition) is 2. The van der Waals surface area contributed by atoms with Crippen molar-refractivity contribution < 1.29 is 4.79 Å². The first-order chi connectivity index (χ1) is 5.69. The third-order valence-corrected chi connectivity index (χ3v) is 3.78. The van der Waals surface area contributed by atoms with Crippen molar-refractivity contribution in [1.82, 2.24) is 4.90 Å². The van der Waals surface area contributed by atoms with Crippen molar-refractivity contribution in [3.63, 3.8) is 0 Å². The summed E-state index contributed by atoms with van der Waals surface area (Å²) in [5, 5.41) is -0.135. The zero-order valence-electron chi connectivity index (χ0n) is 7.35. The van der Waals surface area contributed by atoms with Crippen LogP contribution in [-0.2, 0) is 4.79 Å². The van der Waals surface area contributed by atoms with Crippen LogP contribution in [0, 0.1) is 5.92 Å². The maximum absolute atomic E-state index is 11.3. The second-order valence-electron chi connectivity index (χ2n) is 3.95. The standard InChI is InChI=1S/C9H14ClNO/c1-2-11-6-7-3-4-9(11,5-7)8(10)12/h7H,2-6H2,1H3/t7-,9-/m0/s1. The molecule has 2 atom stereocenters. The highest BCUT2D eigenvalue weighted by Crippen LogP contribution is 2.47. The Morgan fingerprint density at radius 2 is 2.50 bits per heavy atom. The van der Waals surface area contributed by atoms with Gasteiger partial charge in [0.25, 0.3) is 0 Å². The van der Waals surface area contributed by atoms with Crippen LogP contribution in [0.5, 0.6) is 0 Å². The van der Waals surface area contributed by atoms with Crippen molar-refractivity contribution in [3.05, 3.63) is 0 Å². The highest BCUT2D eigenvalue weighted by Gasteiger charge is 2.53. The summed E-state index contributed by atoms with van der Waals surface area (Å²) in [6.45, 7) is 4.13. The summed E-state index contributed by atoms with van der Waals surface area (Å²) in [6, 6.07) is 0. The molecule has 0 spiro atoms. The highest BCUT2D eigenvalue weighted by molar-refractivity contribution is 6.65. The molecule has 2 rings (SSSR count). The van der Waals surface area contributed by atoms with Gasteiger partial charge in [-0.3, -0.25) is 9.69 Å². The van der Waals surface area contributed by atoms with Crippen molar-refractivity contribution in [2.75, 3.05) is 13.1 Å². The zero-order valence-corrected chi connectivity index (χ0v) is 8.10. The minimum atomic E-state index is -0.263. The molecule has 2 bridgehead atoms. The van der Waals surface area contributed by atoms with Gasteiger partial charge in [0.1, 0.15) is 0 Å². The minimum absolute atomic E-state index is 0.135. The predicted octanol–water partition coefficient (Wildman–Crippen LogP) is 1.63. The first kappa shape index (κ1) is 8.52. The van der Waals surface area contributed by atoms with Gasteiger partial charge in [0, 0.05) is 6.54 Å². The van der Waals surface area contributed by atoms with Crippen LogP contribution in [0.2, 0.25) is 0 Å². The number of fused-ring (bicyclic) bond motifs is 2. The largest absolute Gasteiger partial charge is 0.290 e. The Kier molecular flexibility index (Phi) is 1.92. The van der Waals surface area contributed by atoms with Gasteiger partial charge in [0.05, 0.1) is 5.54 Å². The van der Waals surface area contributed by atoms with Gasteiger partial charge in [-0.15, -0.1) is 0 Å². The first-order valence-corrected chi connectivity index (χ1v) is 5.02. The molecule has 3 heteroatoms. The molecule has 0 aromatic carbocycles. The summed E-state index contributed by atoms with van der Waals surface area (Å²) in [7, 11) is 0. The fourth-order valence-electron chi connectivity index (χ4n) is 2.79. The lowest BCUT2D eigenvalue weighted by Crippen LogP contribution is -2.48. The molecular formula is C9H14ClNO. The predicted molar refractivity (Wildman–Crippen MR) is 48.2 cm³/mol. The van der Waals surface area contributed by atoms with E-state index in [9.17, 15) is 4.79 Å². The van der Waals surface area contributed by atoms with Crippen molar-refractivity contribution >= 4 is 16.8 Å². The van der Waals surface area contributed by atoms with Crippen LogP contribution in [-0.4, -0.2) is 28.8 Å². The van der Waals surface area contributed by atoms with Crippen LogP contribution in [0.1, 0.15) is 26.2 Å². The molecule has 2 aliphatic rings. The smallest absolute Gasteiger partial charge is 0.241 e. The lowest BCUT2D eigenvalue weighted by Gasteiger charge is -2.34. The highest BCUT2D eigenvalue weighted by atomic mass is 35.5. The molecular weight excluding hydrogens is 174 g/mol.